The average molecular weight is 293 g/mol. The largest absolute Gasteiger partial charge is 0.434 e. The molecule has 9 heteroatoms. The van der Waals surface area contributed by atoms with Crippen LogP contribution in [-0.4, -0.2) is 16.7 Å². The van der Waals surface area contributed by atoms with Crippen molar-refractivity contribution in [3.63, 3.8) is 0 Å². The number of hydrogen-bond acceptors (Lipinski definition) is 5. The summed E-state index contributed by atoms with van der Waals surface area (Å²) in [6.07, 6.45) is 0. The molecule has 0 aliphatic rings. The van der Waals surface area contributed by atoms with Crippen molar-refractivity contribution in [2.75, 3.05) is 0 Å². The summed E-state index contributed by atoms with van der Waals surface area (Å²) in [6.45, 7) is 0. The van der Waals surface area contributed by atoms with Gasteiger partial charge in [0.05, 0.1) is 11.6 Å². The van der Waals surface area contributed by atoms with E-state index in [0.29, 0.717) is 0 Å². The zero-order valence-corrected chi connectivity index (χ0v) is 10.3. The first-order valence-electron chi connectivity index (χ1n) is 5.49. The van der Waals surface area contributed by atoms with Gasteiger partial charge in [0.1, 0.15) is 10.7 Å². The quantitative estimate of drug-likeness (QED) is 0.643. The smallest absolute Gasteiger partial charge is 0.395 e. The van der Waals surface area contributed by atoms with Crippen LogP contribution in [0.15, 0.2) is 28.7 Å². The van der Waals surface area contributed by atoms with Crippen LogP contribution in [0.25, 0.3) is 11.1 Å². The fraction of sp³-hybridized carbons (Fsp3) is 0. The lowest BCUT2D eigenvalue weighted by molar-refractivity contribution is -0.402. The predicted octanol–water partition coefficient (Wildman–Crippen LogP) is 1.19. The van der Waals surface area contributed by atoms with Gasteiger partial charge < -0.3 is 15.9 Å². The van der Waals surface area contributed by atoms with E-state index in [-0.39, 0.29) is 11.1 Å². The topological polar surface area (TPSA) is 142 Å². The molecule has 4 N–H and O–H groups in total. The lowest BCUT2D eigenvalue weighted by Gasteiger charge is -2.03. The molecule has 0 spiro atoms. The zero-order chi connectivity index (χ0) is 15.7. The Morgan fingerprint density at radius 1 is 1.19 bits per heavy atom. The van der Waals surface area contributed by atoms with Gasteiger partial charge in [0.2, 0.25) is 5.76 Å². The number of carbonyl (C=O) groups is 2. The van der Waals surface area contributed by atoms with Gasteiger partial charge in [-0.2, -0.15) is 0 Å². The lowest BCUT2D eigenvalue weighted by Crippen LogP contribution is -2.13. The van der Waals surface area contributed by atoms with Crippen LogP contribution in [0, 0.1) is 15.9 Å². The highest BCUT2D eigenvalue weighted by atomic mass is 19.1. The summed E-state index contributed by atoms with van der Waals surface area (Å²) in [4.78, 5) is 32.2. The monoisotopic (exact) mass is 293 g/mol. The molecular weight excluding hydrogens is 285 g/mol. The van der Waals surface area contributed by atoms with Crippen molar-refractivity contribution in [1.82, 2.24) is 0 Å². The van der Waals surface area contributed by atoms with Crippen LogP contribution in [0.3, 0.4) is 0 Å². The molecular formula is C12H8FN3O5. The summed E-state index contributed by atoms with van der Waals surface area (Å²) in [5.74, 6) is -4.09. The number of benzene rings is 1. The van der Waals surface area contributed by atoms with E-state index in [1.54, 1.807) is 0 Å². The summed E-state index contributed by atoms with van der Waals surface area (Å²) in [7, 11) is 0. The number of hydrogen-bond donors (Lipinski definition) is 2. The molecule has 2 rings (SSSR count). The second kappa shape index (κ2) is 5.04. The van der Waals surface area contributed by atoms with Crippen LogP contribution >= 0.6 is 0 Å². The summed E-state index contributed by atoms with van der Waals surface area (Å²) in [6, 6.07) is 4.17. The second-order valence-electron chi connectivity index (χ2n) is 4.01. The Kier molecular flexibility index (Phi) is 3.40. The van der Waals surface area contributed by atoms with Crippen LogP contribution in [0.4, 0.5) is 10.3 Å². The third kappa shape index (κ3) is 2.56. The minimum atomic E-state index is -1.04. The number of halogens is 1. The Balaban J connectivity index is 2.66. The van der Waals surface area contributed by atoms with Crippen molar-refractivity contribution in [3.8, 4) is 11.1 Å². The van der Waals surface area contributed by atoms with E-state index in [4.69, 9.17) is 15.9 Å². The molecule has 1 heterocycles. The van der Waals surface area contributed by atoms with E-state index in [1.165, 1.54) is 6.07 Å². The van der Waals surface area contributed by atoms with Gasteiger partial charge in [-0.15, -0.1) is 0 Å². The van der Waals surface area contributed by atoms with E-state index in [9.17, 15) is 24.1 Å². The molecule has 0 aliphatic carbocycles. The number of carbonyl (C=O) groups excluding carboxylic acids is 2. The van der Waals surface area contributed by atoms with Crippen LogP contribution in [-0.2, 0) is 0 Å². The second-order valence-corrected chi connectivity index (χ2v) is 4.01. The zero-order valence-electron chi connectivity index (χ0n) is 10.3. The first-order valence-corrected chi connectivity index (χ1v) is 5.49. The van der Waals surface area contributed by atoms with E-state index in [0.717, 1.165) is 18.2 Å². The molecule has 8 nitrogen and oxygen atoms in total. The van der Waals surface area contributed by atoms with Crippen molar-refractivity contribution in [2.24, 2.45) is 11.5 Å². The molecule has 21 heavy (non-hydrogen) atoms. The molecule has 2 aromatic rings. The number of rotatable bonds is 4. The van der Waals surface area contributed by atoms with Crippen LogP contribution < -0.4 is 11.5 Å². The summed E-state index contributed by atoms with van der Waals surface area (Å²) < 4.78 is 18.1. The Labute approximate surface area is 116 Å². The van der Waals surface area contributed by atoms with E-state index < -0.39 is 39.8 Å². The fourth-order valence-corrected chi connectivity index (χ4v) is 1.75. The van der Waals surface area contributed by atoms with Gasteiger partial charge in [-0.25, -0.2) is 4.39 Å². The van der Waals surface area contributed by atoms with Crippen molar-refractivity contribution in [2.45, 2.75) is 0 Å². The Hall–Kier alpha value is -3.23. The Bertz CT molecular complexity index is 768. The molecule has 0 bridgehead atoms. The predicted molar refractivity (Wildman–Crippen MR) is 67.8 cm³/mol. The first-order chi connectivity index (χ1) is 9.81. The average Bonchev–Trinajstić information content (AvgIpc) is 2.84. The van der Waals surface area contributed by atoms with Gasteiger partial charge in [0.15, 0.2) is 0 Å². The molecule has 0 atom stereocenters. The Morgan fingerprint density at radius 3 is 2.38 bits per heavy atom. The standard InChI is InChI=1S/C12H8FN3O5/c13-8-2-1-5(3-7(8)11(14)17)6-4-9(16(19)20)21-10(6)12(15)18/h1-4H,(H2,14,17)(H2,15,18). The van der Waals surface area contributed by atoms with Crippen molar-refractivity contribution in [1.29, 1.82) is 0 Å². The number of furan rings is 1. The van der Waals surface area contributed by atoms with E-state index in [1.807, 2.05) is 0 Å². The molecule has 108 valence electrons. The Morgan fingerprint density at radius 2 is 1.86 bits per heavy atom. The van der Waals surface area contributed by atoms with Crippen molar-refractivity contribution >= 4 is 17.7 Å². The molecule has 1 aromatic carbocycles. The van der Waals surface area contributed by atoms with E-state index in [2.05, 4.69) is 0 Å². The molecule has 1 aromatic heterocycles. The number of amides is 2. The molecule has 0 unspecified atom stereocenters. The minimum Gasteiger partial charge on any atom is -0.395 e. The molecule has 0 radical (unpaired) electrons. The van der Waals surface area contributed by atoms with Gasteiger partial charge in [-0.05, 0) is 17.7 Å². The first kappa shape index (κ1) is 14.2. The van der Waals surface area contributed by atoms with Gasteiger partial charge in [-0.1, -0.05) is 6.07 Å². The van der Waals surface area contributed by atoms with Crippen molar-refractivity contribution in [3.05, 3.63) is 51.5 Å². The van der Waals surface area contributed by atoms with Crippen LogP contribution in [0.1, 0.15) is 20.9 Å². The van der Waals surface area contributed by atoms with Crippen molar-refractivity contribution < 1.29 is 23.3 Å². The number of nitrogens with two attached hydrogens (primary N) is 2. The fourth-order valence-electron chi connectivity index (χ4n) is 1.75. The van der Waals surface area contributed by atoms with Gasteiger partial charge in [0.25, 0.3) is 11.8 Å². The molecule has 2 amide bonds. The van der Waals surface area contributed by atoms with Gasteiger partial charge in [-0.3, -0.25) is 19.7 Å². The van der Waals surface area contributed by atoms with Crippen LogP contribution in [0.2, 0.25) is 0 Å². The molecule has 0 fully saturated rings. The highest BCUT2D eigenvalue weighted by molar-refractivity contribution is 5.99. The normalized spacial score (nSPS) is 10.3. The number of nitrogens with zero attached hydrogens (tertiary/aromatic N) is 1. The molecule has 0 saturated carbocycles. The molecule has 0 saturated heterocycles. The lowest BCUT2D eigenvalue weighted by atomic mass is 10.0. The molecule has 0 aliphatic heterocycles. The van der Waals surface area contributed by atoms with Gasteiger partial charge >= 0.3 is 5.88 Å². The van der Waals surface area contributed by atoms with Crippen LogP contribution in [0.5, 0.6) is 0 Å². The van der Waals surface area contributed by atoms with Gasteiger partial charge in [0, 0.05) is 5.56 Å². The summed E-state index contributed by atoms with van der Waals surface area (Å²) >= 11 is 0. The SMILES string of the molecule is NC(=O)c1cc(-c2cc([N+](=O)[O-])oc2C(N)=O)ccc1F. The summed E-state index contributed by atoms with van der Waals surface area (Å²) in [5, 5.41) is 10.7. The maximum Gasteiger partial charge on any atom is 0.434 e. The number of primary amides is 2. The highest BCUT2D eigenvalue weighted by Crippen LogP contribution is 2.31. The number of nitro groups is 1. The minimum absolute atomic E-state index is 0.0308. The highest BCUT2D eigenvalue weighted by Gasteiger charge is 2.24. The third-order valence-electron chi connectivity index (χ3n) is 2.67. The van der Waals surface area contributed by atoms with E-state index >= 15 is 0 Å². The summed E-state index contributed by atoms with van der Waals surface area (Å²) in [5.41, 5.74) is 9.76. The third-order valence-corrected chi connectivity index (χ3v) is 2.67. The maximum absolute atomic E-state index is 13.4. The maximum atomic E-state index is 13.4.